The highest BCUT2D eigenvalue weighted by Crippen LogP contribution is 2.34. The van der Waals surface area contributed by atoms with Crippen LogP contribution in [0, 0.1) is 5.92 Å². The number of nitrogens with one attached hydrogen (secondary N) is 3. The Morgan fingerprint density at radius 2 is 2.12 bits per heavy atom. The van der Waals surface area contributed by atoms with Crippen molar-refractivity contribution in [2.24, 2.45) is 5.92 Å². The van der Waals surface area contributed by atoms with Gasteiger partial charge >= 0.3 is 12.1 Å². The number of hydrogen-bond acceptors (Lipinski definition) is 7. The number of carboxylic acids is 1. The number of aryl methyl sites for hydroxylation is 2. The third-order valence-corrected chi connectivity index (χ3v) is 6.59. The number of carbonyl (C=O) groups is 2. The third-order valence-electron chi connectivity index (χ3n) is 6.59. The van der Waals surface area contributed by atoms with Crippen molar-refractivity contribution in [1.82, 2.24) is 15.6 Å². The van der Waals surface area contributed by atoms with E-state index in [4.69, 9.17) is 14.5 Å². The zero-order valence-corrected chi connectivity index (χ0v) is 18.5. The van der Waals surface area contributed by atoms with Crippen LogP contribution in [0.4, 0.5) is 10.6 Å². The monoisotopic (exact) mass is 446 g/mol. The molecule has 2 fully saturated rings. The van der Waals surface area contributed by atoms with Crippen LogP contribution in [0.3, 0.4) is 0 Å². The fraction of sp³-hybridized carbons (Fsp3) is 0.696. The Bertz CT molecular complexity index is 793. The summed E-state index contributed by atoms with van der Waals surface area (Å²) in [6, 6.07) is 3.34. The summed E-state index contributed by atoms with van der Waals surface area (Å²) in [6.07, 6.45) is 6.58. The minimum atomic E-state index is -1.08. The standard InChI is InChI=1S/C23H34N4O5/c28-22(29)20(27-23(30)32-18-7-10-24-14-18)8-11-31-19-12-15(13-19)3-5-17-6-4-16-2-1-9-25-21(16)26-17/h4,6,15,18-20,24H,1-3,5,7-14H2,(H,25,26)(H,27,30)(H,28,29)/t15?,18-,19?,20?/m0/s1. The molecule has 0 spiro atoms. The van der Waals surface area contributed by atoms with Gasteiger partial charge in [-0.1, -0.05) is 6.07 Å². The van der Waals surface area contributed by atoms with Gasteiger partial charge in [-0.05, 0) is 69.0 Å². The van der Waals surface area contributed by atoms with E-state index in [1.807, 2.05) is 0 Å². The van der Waals surface area contributed by atoms with Crippen LogP contribution in [0.5, 0.6) is 0 Å². The molecule has 4 N–H and O–H groups in total. The Morgan fingerprint density at radius 1 is 1.25 bits per heavy atom. The molecule has 176 valence electrons. The fourth-order valence-electron chi connectivity index (χ4n) is 4.57. The summed E-state index contributed by atoms with van der Waals surface area (Å²) in [7, 11) is 0. The van der Waals surface area contributed by atoms with Crippen LogP contribution >= 0.6 is 0 Å². The highest BCUT2D eigenvalue weighted by molar-refractivity contribution is 5.79. The highest BCUT2D eigenvalue weighted by Gasteiger charge is 2.30. The number of aliphatic carboxylic acids is 1. The maximum absolute atomic E-state index is 11.9. The van der Waals surface area contributed by atoms with Gasteiger partial charge in [-0.3, -0.25) is 0 Å². The molecule has 2 aliphatic heterocycles. The van der Waals surface area contributed by atoms with Crippen LogP contribution < -0.4 is 16.0 Å². The van der Waals surface area contributed by atoms with Gasteiger partial charge in [0.2, 0.25) is 0 Å². The number of carboxylic acid groups (broad SMARTS) is 1. The van der Waals surface area contributed by atoms with E-state index in [9.17, 15) is 14.7 Å². The summed E-state index contributed by atoms with van der Waals surface area (Å²) < 4.78 is 11.1. The van der Waals surface area contributed by atoms with E-state index in [1.165, 1.54) is 12.0 Å². The van der Waals surface area contributed by atoms with Crippen LogP contribution in [-0.4, -0.2) is 66.6 Å². The van der Waals surface area contributed by atoms with Gasteiger partial charge < -0.3 is 30.5 Å². The number of amides is 1. The fourth-order valence-corrected chi connectivity index (χ4v) is 4.57. The molecule has 4 rings (SSSR count). The van der Waals surface area contributed by atoms with Crippen molar-refractivity contribution >= 4 is 17.9 Å². The number of fused-ring (bicyclic) bond motifs is 1. The molecule has 32 heavy (non-hydrogen) atoms. The SMILES string of the molecule is O=C(NC(CCOC1CC(CCc2ccc3c(n2)NCCC3)C1)C(=O)O)O[C@H]1CCNC1. The summed E-state index contributed by atoms with van der Waals surface area (Å²) >= 11 is 0. The molecule has 0 aromatic carbocycles. The zero-order valence-electron chi connectivity index (χ0n) is 18.5. The molecule has 0 radical (unpaired) electrons. The molecule has 1 aromatic heterocycles. The molecule has 0 bridgehead atoms. The van der Waals surface area contributed by atoms with Gasteiger partial charge in [-0.15, -0.1) is 0 Å². The molecule has 1 aromatic rings. The molecule has 1 unspecified atom stereocenters. The van der Waals surface area contributed by atoms with Crippen molar-refractivity contribution in [3.8, 4) is 0 Å². The van der Waals surface area contributed by atoms with E-state index in [-0.39, 0.29) is 18.6 Å². The van der Waals surface area contributed by atoms with Crippen molar-refractivity contribution in [2.75, 3.05) is 31.6 Å². The maximum Gasteiger partial charge on any atom is 0.408 e. The predicted molar refractivity (Wildman–Crippen MR) is 119 cm³/mol. The van der Waals surface area contributed by atoms with E-state index in [0.29, 0.717) is 19.1 Å². The molecular formula is C23H34N4O5. The third kappa shape index (κ3) is 6.32. The topological polar surface area (TPSA) is 122 Å². The quantitative estimate of drug-likeness (QED) is 0.431. The lowest BCUT2D eigenvalue weighted by molar-refractivity contribution is -0.140. The van der Waals surface area contributed by atoms with Gasteiger partial charge in [0, 0.05) is 31.8 Å². The Labute approximate surface area is 188 Å². The first-order valence-corrected chi connectivity index (χ1v) is 11.8. The van der Waals surface area contributed by atoms with Gasteiger partial charge in [0.15, 0.2) is 0 Å². The maximum atomic E-state index is 11.9. The van der Waals surface area contributed by atoms with Gasteiger partial charge in [0.05, 0.1) is 6.10 Å². The molecule has 9 heteroatoms. The van der Waals surface area contributed by atoms with Crippen molar-refractivity contribution in [3.05, 3.63) is 23.4 Å². The Kier molecular flexibility index (Phi) is 7.81. The van der Waals surface area contributed by atoms with Gasteiger partial charge in [0.1, 0.15) is 18.0 Å². The zero-order chi connectivity index (χ0) is 22.3. The van der Waals surface area contributed by atoms with E-state index in [2.05, 4.69) is 28.1 Å². The molecule has 1 aliphatic carbocycles. The van der Waals surface area contributed by atoms with Crippen molar-refractivity contribution in [2.45, 2.75) is 69.6 Å². The summed E-state index contributed by atoms with van der Waals surface area (Å²) in [5, 5.41) is 18.3. The van der Waals surface area contributed by atoms with Crippen LogP contribution in [0.2, 0.25) is 0 Å². The van der Waals surface area contributed by atoms with Crippen molar-refractivity contribution < 1.29 is 24.2 Å². The number of carbonyl (C=O) groups excluding carboxylic acids is 1. The van der Waals surface area contributed by atoms with E-state index < -0.39 is 18.1 Å². The molecule has 3 aliphatic rings. The van der Waals surface area contributed by atoms with Crippen LogP contribution in [0.15, 0.2) is 12.1 Å². The number of alkyl carbamates (subject to hydrolysis) is 1. The second-order valence-corrected chi connectivity index (χ2v) is 9.05. The summed E-state index contributed by atoms with van der Waals surface area (Å²) in [5.74, 6) is 0.594. The smallest absolute Gasteiger partial charge is 0.408 e. The molecule has 1 saturated heterocycles. The molecule has 9 nitrogen and oxygen atoms in total. The second kappa shape index (κ2) is 11.0. The van der Waals surface area contributed by atoms with Gasteiger partial charge in [0.25, 0.3) is 0 Å². The van der Waals surface area contributed by atoms with Crippen LogP contribution in [0.1, 0.15) is 49.8 Å². The van der Waals surface area contributed by atoms with Gasteiger partial charge in [-0.2, -0.15) is 0 Å². The average molecular weight is 447 g/mol. The molecule has 2 atom stereocenters. The van der Waals surface area contributed by atoms with Crippen LogP contribution in [-0.2, 0) is 27.1 Å². The minimum Gasteiger partial charge on any atom is -0.480 e. The number of hydrogen-bond donors (Lipinski definition) is 4. The van der Waals surface area contributed by atoms with E-state index in [1.54, 1.807) is 0 Å². The number of anilines is 1. The highest BCUT2D eigenvalue weighted by atomic mass is 16.6. The predicted octanol–water partition coefficient (Wildman–Crippen LogP) is 2.10. The van der Waals surface area contributed by atoms with Crippen LogP contribution in [0.25, 0.3) is 0 Å². The molecule has 3 heterocycles. The lowest BCUT2D eigenvalue weighted by Gasteiger charge is -2.35. The summed E-state index contributed by atoms with van der Waals surface area (Å²) in [5.41, 5.74) is 2.45. The normalized spacial score (nSPS) is 25.2. The molecule has 1 saturated carbocycles. The Hall–Kier alpha value is -2.39. The molecule has 1 amide bonds. The van der Waals surface area contributed by atoms with E-state index >= 15 is 0 Å². The Balaban J connectivity index is 1.10. The Morgan fingerprint density at radius 3 is 2.91 bits per heavy atom. The minimum absolute atomic E-state index is 0.170. The summed E-state index contributed by atoms with van der Waals surface area (Å²) in [6.45, 7) is 2.72. The average Bonchev–Trinajstić information content (AvgIpc) is 3.26. The first-order chi connectivity index (χ1) is 15.6. The van der Waals surface area contributed by atoms with Gasteiger partial charge in [-0.25, -0.2) is 14.6 Å². The van der Waals surface area contributed by atoms with Crippen molar-refractivity contribution in [3.63, 3.8) is 0 Å². The largest absolute Gasteiger partial charge is 0.480 e. The van der Waals surface area contributed by atoms with E-state index in [0.717, 1.165) is 63.1 Å². The number of rotatable bonds is 10. The first kappa shape index (κ1) is 22.8. The lowest BCUT2D eigenvalue weighted by atomic mass is 9.79. The van der Waals surface area contributed by atoms with Crippen molar-refractivity contribution in [1.29, 1.82) is 0 Å². The summed E-state index contributed by atoms with van der Waals surface area (Å²) in [4.78, 5) is 28.1. The number of nitrogens with zero attached hydrogens (tertiary/aromatic N) is 1. The number of ether oxygens (including phenoxy) is 2. The second-order valence-electron chi connectivity index (χ2n) is 9.05. The lowest BCUT2D eigenvalue weighted by Crippen LogP contribution is -2.43. The number of pyridine rings is 1. The molecular weight excluding hydrogens is 412 g/mol. The first-order valence-electron chi connectivity index (χ1n) is 11.8. The number of aromatic nitrogens is 1.